The zero-order chi connectivity index (χ0) is 15.3. The first kappa shape index (κ1) is 15.5. The fourth-order valence-electron chi connectivity index (χ4n) is 3.28. The van der Waals surface area contributed by atoms with Gasteiger partial charge in [0.1, 0.15) is 12.7 Å². The largest absolute Gasteiger partial charge is 0.743 e. The maximum Gasteiger partial charge on any atom is 0.357 e. The second kappa shape index (κ2) is 5.38. The number of hydrogen-bond acceptors (Lipinski definition) is 6. The van der Waals surface area contributed by atoms with Crippen LogP contribution in [0.4, 0.5) is 8.78 Å². The van der Waals surface area contributed by atoms with Crippen LogP contribution in [-0.2, 0) is 24.3 Å². The summed E-state index contributed by atoms with van der Waals surface area (Å²) in [4.78, 5) is 0. The zero-order valence-electron chi connectivity index (χ0n) is 11.2. The lowest BCUT2D eigenvalue weighted by Crippen LogP contribution is -2.39. The van der Waals surface area contributed by atoms with Gasteiger partial charge in [-0.1, -0.05) is 0 Å². The minimum atomic E-state index is -5.69. The first-order valence-corrected chi connectivity index (χ1v) is 8.35. The molecule has 9 heteroatoms. The molecule has 1 aliphatic heterocycles. The molecule has 0 aromatic heterocycles. The Morgan fingerprint density at radius 3 is 2.33 bits per heavy atom. The third-order valence-corrected chi connectivity index (χ3v) is 5.27. The summed E-state index contributed by atoms with van der Waals surface area (Å²) in [5.41, 5.74) is 0. The van der Waals surface area contributed by atoms with Crippen LogP contribution in [0.5, 0.6) is 0 Å². The van der Waals surface area contributed by atoms with Crippen LogP contribution in [0.25, 0.3) is 0 Å². The highest BCUT2D eigenvalue weighted by Crippen LogP contribution is 2.48. The van der Waals surface area contributed by atoms with Gasteiger partial charge in [0.25, 0.3) is 0 Å². The maximum atomic E-state index is 13.1. The maximum absolute atomic E-state index is 13.1. The summed E-state index contributed by atoms with van der Waals surface area (Å²) >= 11 is 0. The van der Waals surface area contributed by atoms with Gasteiger partial charge in [0.05, 0.1) is 25.4 Å². The minimum absolute atomic E-state index is 0.0149. The molecule has 3 fully saturated rings. The quantitative estimate of drug-likeness (QED) is 0.506. The predicted octanol–water partition coefficient (Wildman–Crippen LogP) is 0.723. The Bertz CT molecular complexity index is 492. The summed E-state index contributed by atoms with van der Waals surface area (Å²) in [6, 6.07) is 0. The molecule has 0 aromatic carbocycles. The van der Waals surface area contributed by atoms with Crippen LogP contribution in [0, 0.1) is 11.8 Å². The van der Waals surface area contributed by atoms with E-state index in [0.717, 1.165) is 12.8 Å². The van der Waals surface area contributed by atoms with Crippen molar-refractivity contribution in [2.45, 2.75) is 42.8 Å². The molecule has 122 valence electrons. The number of alkyl halides is 2. The van der Waals surface area contributed by atoms with Gasteiger partial charge in [-0.2, -0.15) is 8.78 Å². The average Bonchev–Trinajstić information content (AvgIpc) is 3.01. The molecule has 2 saturated carbocycles. The molecule has 0 aromatic rings. The fraction of sp³-hybridized carbons (Fsp3) is 1.00. The van der Waals surface area contributed by atoms with Gasteiger partial charge in [0.15, 0.2) is 10.1 Å². The Balaban J connectivity index is 1.52. The second-order valence-corrected chi connectivity index (χ2v) is 7.51. The van der Waals surface area contributed by atoms with Gasteiger partial charge in [-0.25, -0.2) is 8.42 Å². The van der Waals surface area contributed by atoms with Gasteiger partial charge in [-0.05, 0) is 25.2 Å². The molecule has 21 heavy (non-hydrogen) atoms. The lowest BCUT2D eigenvalue weighted by Gasteiger charge is -2.31. The molecule has 0 amide bonds. The second-order valence-electron chi connectivity index (χ2n) is 6.01. The van der Waals surface area contributed by atoms with Crippen molar-refractivity contribution < 1.29 is 36.0 Å². The Kier molecular flexibility index (Phi) is 3.98. The van der Waals surface area contributed by atoms with E-state index in [1.54, 1.807) is 0 Å². The van der Waals surface area contributed by atoms with Crippen molar-refractivity contribution >= 4 is 10.1 Å². The Morgan fingerprint density at radius 2 is 1.81 bits per heavy atom. The van der Waals surface area contributed by atoms with Crippen molar-refractivity contribution in [2.75, 3.05) is 19.8 Å². The van der Waals surface area contributed by atoms with Crippen molar-refractivity contribution in [1.82, 2.24) is 0 Å². The van der Waals surface area contributed by atoms with Crippen molar-refractivity contribution in [3.05, 3.63) is 0 Å². The lowest BCUT2D eigenvalue weighted by molar-refractivity contribution is -0.0995. The number of hydrogen-bond donors (Lipinski definition) is 0. The molecule has 1 saturated heterocycles. The van der Waals surface area contributed by atoms with Crippen molar-refractivity contribution in [2.24, 2.45) is 11.8 Å². The lowest BCUT2D eigenvalue weighted by atomic mass is 9.94. The van der Waals surface area contributed by atoms with Crippen molar-refractivity contribution in [3.8, 4) is 0 Å². The van der Waals surface area contributed by atoms with E-state index in [1.807, 2.05) is 0 Å². The van der Waals surface area contributed by atoms with Gasteiger partial charge in [0, 0.05) is 5.92 Å². The molecule has 3 aliphatic rings. The monoisotopic (exact) mass is 327 g/mol. The smallest absolute Gasteiger partial charge is 0.357 e. The summed E-state index contributed by atoms with van der Waals surface area (Å²) in [5, 5.41) is -4.38. The Hall–Kier alpha value is -0.350. The van der Waals surface area contributed by atoms with E-state index in [-0.39, 0.29) is 18.1 Å². The third kappa shape index (κ3) is 3.37. The molecule has 0 radical (unpaired) electrons. The molecule has 5 atom stereocenters. The molecule has 5 unspecified atom stereocenters. The molecule has 2 bridgehead atoms. The predicted molar refractivity (Wildman–Crippen MR) is 64.7 cm³/mol. The number of ether oxygens (including phenoxy) is 3. The van der Waals surface area contributed by atoms with Crippen LogP contribution in [0.3, 0.4) is 0 Å². The standard InChI is InChI=1S/C12H18F2O6S/c13-12(14,21(15,16)17)6-20-11-3-7-1-9(11)10(2-7)19-5-8-4-18-8/h7-11H,1-6H2,(H,15,16,17)/p-1. The number of epoxide rings is 1. The summed E-state index contributed by atoms with van der Waals surface area (Å²) in [6.07, 6.45) is 1.92. The molecule has 3 rings (SSSR count). The zero-order valence-corrected chi connectivity index (χ0v) is 12.1. The van der Waals surface area contributed by atoms with Crippen LogP contribution in [0.1, 0.15) is 19.3 Å². The summed E-state index contributed by atoms with van der Waals surface area (Å²) in [7, 11) is -5.69. The van der Waals surface area contributed by atoms with Crippen LogP contribution in [0.15, 0.2) is 0 Å². The van der Waals surface area contributed by atoms with E-state index in [2.05, 4.69) is 0 Å². The molecular weight excluding hydrogens is 310 g/mol. The van der Waals surface area contributed by atoms with Crippen LogP contribution in [0.2, 0.25) is 0 Å². The molecule has 1 heterocycles. The van der Waals surface area contributed by atoms with Crippen molar-refractivity contribution in [1.29, 1.82) is 0 Å². The highest BCUT2D eigenvalue weighted by molar-refractivity contribution is 7.86. The van der Waals surface area contributed by atoms with E-state index < -0.39 is 28.1 Å². The number of halogens is 2. The first-order chi connectivity index (χ1) is 9.76. The molecule has 0 spiro atoms. The Morgan fingerprint density at radius 1 is 1.19 bits per heavy atom. The minimum Gasteiger partial charge on any atom is -0.743 e. The topological polar surface area (TPSA) is 88.2 Å². The Labute approximate surface area is 121 Å². The van der Waals surface area contributed by atoms with Gasteiger partial charge >= 0.3 is 5.25 Å². The first-order valence-electron chi connectivity index (χ1n) is 6.94. The summed E-state index contributed by atoms with van der Waals surface area (Å²) in [6.45, 7) is -0.203. The van der Waals surface area contributed by atoms with Gasteiger partial charge in [-0.15, -0.1) is 0 Å². The van der Waals surface area contributed by atoms with Crippen LogP contribution in [-0.4, -0.2) is 56.4 Å². The van der Waals surface area contributed by atoms with Gasteiger partial charge < -0.3 is 18.8 Å². The van der Waals surface area contributed by atoms with E-state index in [0.29, 0.717) is 25.6 Å². The van der Waals surface area contributed by atoms with Gasteiger partial charge in [-0.3, -0.25) is 0 Å². The van der Waals surface area contributed by atoms with E-state index in [1.165, 1.54) is 0 Å². The summed E-state index contributed by atoms with van der Waals surface area (Å²) < 4.78 is 73.4. The van der Waals surface area contributed by atoms with Crippen LogP contribution < -0.4 is 0 Å². The normalized spacial score (nSPS) is 38.9. The SMILES string of the molecule is O=S(=O)([O-])C(F)(F)COC1CC2CC(OCC3CO3)C1C2. The average molecular weight is 327 g/mol. The molecular formula is C12H17F2O6S-. The van der Waals surface area contributed by atoms with E-state index in [9.17, 15) is 21.8 Å². The number of rotatable bonds is 7. The molecule has 0 N–H and O–H groups in total. The van der Waals surface area contributed by atoms with Crippen LogP contribution >= 0.6 is 0 Å². The third-order valence-electron chi connectivity index (χ3n) is 4.42. The molecule has 2 aliphatic carbocycles. The van der Waals surface area contributed by atoms with E-state index >= 15 is 0 Å². The fourth-order valence-corrected chi connectivity index (χ4v) is 3.49. The molecule has 6 nitrogen and oxygen atoms in total. The van der Waals surface area contributed by atoms with Crippen molar-refractivity contribution in [3.63, 3.8) is 0 Å². The number of fused-ring (bicyclic) bond motifs is 2. The summed E-state index contributed by atoms with van der Waals surface area (Å²) in [5.74, 6) is 0.335. The highest BCUT2D eigenvalue weighted by Gasteiger charge is 2.49. The van der Waals surface area contributed by atoms with E-state index in [4.69, 9.17) is 14.2 Å². The highest BCUT2D eigenvalue weighted by atomic mass is 32.2. The van der Waals surface area contributed by atoms with Gasteiger partial charge in [0.2, 0.25) is 0 Å².